The molecule has 0 heterocycles. The Morgan fingerprint density at radius 1 is 0.481 bits per heavy atom. The monoisotopic (exact) mass is 412 g/mol. The SMILES string of the molecule is [2H]c1c([2H])c(-c2c3ccccc3c(Br)c3ccccc23)c([2H])c([2H])c1-c1ccccc1. The van der Waals surface area contributed by atoms with Gasteiger partial charge >= 0.3 is 0 Å². The summed E-state index contributed by atoms with van der Waals surface area (Å²) in [4.78, 5) is 0. The third kappa shape index (κ3) is 2.75. The van der Waals surface area contributed by atoms with Crippen molar-refractivity contribution in [3.63, 3.8) is 0 Å². The van der Waals surface area contributed by atoms with E-state index in [9.17, 15) is 0 Å². The number of hydrogen-bond acceptors (Lipinski definition) is 0. The first-order valence-electron chi connectivity index (χ1n) is 10.8. The van der Waals surface area contributed by atoms with Gasteiger partial charge in [0.05, 0.1) is 5.48 Å². The molecule has 1 heteroatoms. The molecule has 0 spiro atoms. The fourth-order valence-electron chi connectivity index (χ4n) is 3.53. The van der Waals surface area contributed by atoms with Gasteiger partial charge in [-0.25, -0.2) is 0 Å². The van der Waals surface area contributed by atoms with E-state index in [2.05, 4.69) is 15.9 Å². The average Bonchev–Trinajstić information content (AvgIpc) is 2.81. The minimum Gasteiger partial charge on any atom is -0.0622 e. The molecule has 0 fully saturated rings. The van der Waals surface area contributed by atoms with E-state index in [4.69, 9.17) is 5.48 Å². The van der Waals surface area contributed by atoms with Crippen LogP contribution in [0.5, 0.6) is 0 Å². The Bertz CT molecular complexity index is 1390. The zero-order valence-electron chi connectivity index (χ0n) is 18.4. The quantitative estimate of drug-likeness (QED) is 0.257. The largest absolute Gasteiger partial charge is 0.0629 e. The van der Waals surface area contributed by atoms with E-state index in [1.807, 2.05) is 78.9 Å². The predicted molar refractivity (Wildman–Crippen MR) is 120 cm³/mol. The topological polar surface area (TPSA) is 0 Å². The molecule has 0 radical (unpaired) electrons. The van der Waals surface area contributed by atoms with Crippen LogP contribution in [0, 0.1) is 0 Å². The molecule has 0 bridgehead atoms. The summed E-state index contributed by atoms with van der Waals surface area (Å²) in [6, 6.07) is 24.8. The average molecular weight is 413 g/mol. The molecule has 0 amide bonds. The molecule has 128 valence electrons. The van der Waals surface area contributed by atoms with E-state index in [0.29, 0.717) is 16.7 Å². The maximum Gasteiger partial charge on any atom is 0.0629 e. The molecule has 0 nitrogen and oxygen atoms in total. The van der Waals surface area contributed by atoms with Crippen LogP contribution in [0.25, 0.3) is 43.8 Å². The van der Waals surface area contributed by atoms with Gasteiger partial charge in [0.1, 0.15) is 0 Å². The molecule has 5 aromatic rings. The second-order valence-electron chi connectivity index (χ2n) is 6.40. The van der Waals surface area contributed by atoms with Crippen molar-refractivity contribution in [3.05, 3.63) is 108 Å². The lowest BCUT2D eigenvalue weighted by atomic mass is 9.91. The summed E-state index contributed by atoms with van der Waals surface area (Å²) in [5.74, 6) is 0. The Morgan fingerprint density at radius 3 is 1.48 bits per heavy atom. The summed E-state index contributed by atoms with van der Waals surface area (Å²) >= 11 is 3.73. The van der Waals surface area contributed by atoms with Crippen molar-refractivity contribution in [1.82, 2.24) is 0 Å². The van der Waals surface area contributed by atoms with Crippen molar-refractivity contribution in [1.29, 1.82) is 0 Å². The molecule has 0 aromatic heterocycles. The zero-order valence-corrected chi connectivity index (χ0v) is 16.0. The molecular weight excluding hydrogens is 392 g/mol. The molecule has 0 aliphatic carbocycles. The Morgan fingerprint density at radius 2 is 0.926 bits per heavy atom. The van der Waals surface area contributed by atoms with Gasteiger partial charge in [-0.15, -0.1) is 0 Å². The smallest absolute Gasteiger partial charge is 0.0622 e. The highest BCUT2D eigenvalue weighted by molar-refractivity contribution is 9.10. The number of benzene rings is 5. The standard InChI is InChI=1S/C26H17Br/c27-26-23-12-6-4-10-21(23)25(22-11-5-7-13-24(22)26)20-16-14-19(15-17-20)18-8-2-1-3-9-18/h1-17H/i14D,15D,16D,17D. The van der Waals surface area contributed by atoms with Crippen molar-refractivity contribution in [2.75, 3.05) is 0 Å². The van der Waals surface area contributed by atoms with Gasteiger partial charge in [-0.05, 0) is 59.7 Å². The van der Waals surface area contributed by atoms with E-state index in [1.165, 1.54) is 0 Å². The highest BCUT2D eigenvalue weighted by Crippen LogP contribution is 2.41. The molecule has 0 N–H and O–H groups in total. The normalized spacial score (nSPS) is 13.2. The van der Waals surface area contributed by atoms with Crippen LogP contribution in [-0.2, 0) is 0 Å². The lowest BCUT2D eigenvalue weighted by Crippen LogP contribution is -1.87. The Hall–Kier alpha value is -2.90. The number of fused-ring (bicyclic) bond motifs is 2. The third-order valence-electron chi connectivity index (χ3n) is 4.80. The van der Waals surface area contributed by atoms with Gasteiger partial charge in [0, 0.05) is 4.47 Å². The van der Waals surface area contributed by atoms with E-state index in [-0.39, 0.29) is 24.2 Å². The number of hydrogen-bond donors (Lipinski definition) is 0. The van der Waals surface area contributed by atoms with Crippen molar-refractivity contribution < 1.29 is 5.48 Å². The van der Waals surface area contributed by atoms with Crippen LogP contribution in [0.4, 0.5) is 0 Å². The van der Waals surface area contributed by atoms with Gasteiger partial charge in [0.2, 0.25) is 0 Å². The molecule has 5 aromatic carbocycles. The predicted octanol–water partition coefficient (Wildman–Crippen LogP) is 8.09. The van der Waals surface area contributed by atoms with Crippen molar-refractivity contribution >= 4 is 37.5 Å². The summed E-state index contributed by atoms with van der Waals surface area (Å²) < 4.78 is 36.1. The molecule has 0 aliphatic heterocycles. The molecule has 0 unspecified atom stereocenters. The summed E-state index contributed by atoms with van der Waals surface area (Å²) in [7, 11) is 0. The molecule has 5 rings (SSSR count). The van der Waals surface area contributed by atoms with Crippen molar-refractivity contribution in [2.45, 2.75) is 0 Å². The summed E-state index contributed by atoms with van der Waals surface area (Å²) in [6.45, 7) is 0. The second kappa shape index (κ2) is 6.68. The van der Waals surface area contributed by atoms with Gasteiger partial charge in [-0.2, -0.15) is 0 Å². The Kier molecular flexibility index (Phi) is 3.09. The van der Waals surface area contributed by atoms with Crippen molar-refractivity contribution in [2.24, 2.45) is 0 Å². The van der Waals surface area contributed by atoms with E-state index in [0.717, 1.165) is 31.6 Å². The highest BCUT2D eigenvalue weighted by Gasteiger charge is 2.13. The molecule has 0 atom stereocenters. The Balaban J connectivity index is 1.96. The Labute approximate surface area is 172 Å². The van der Waals surface area contributed by atoms with Gasteiger partial charge in [-0.3, -0.25) is 0 Å². The molecule has 0 aliphatic rings. The summed E-state index contributed by atoms with van der Waals surface area (Å²) in [5.41, 5.74) is 2.06. The van der Waals surface area contributed by atoms with Crippen LogP contribution >= 0.6 is 15.9 Å². The van der Waals surface area contributed by atoms with Crippen LogP contribution in [0.15, 0.2) is 108 Å². The maximum atomic E-state index is 8.86. The number of rotatable bonds is 2. The summed E-state index contributed by atoms with van der Waals surface area (Å²) in [6.07, 6.45) is 0. The molecule has 27 heavy (non-hydrogen) atoms. The maximum absolute atomic E-state index is 8.86. The minimum atomic E-state index is -0.0301. The van der Waals surface area contributed by atoms with Gasteiger partial charge in [-0.1, -0.05) is 103 Å². The van der Waals surface area contributed by atoms with Gasteiger partial charge in [0.25, 0.3) is 0 Å². The summed E-state index contributed by atoms with van der Waals surface area (Å²) in [5, 5.41) is 3.73. The number of halogens is 1. The van der Waals surface area contributed by atoms with Crippen LogP contribution in [0.3, 0.4) is 0 Å². The minimum absolute atomic E-state index is 0.0294. The molecular formula is C26H17Br. The fraction of sp³-hybridized carbons (Fsp3) is 0. The third-order valence-corrected chi connectivity index (χ3v) is 5.66. The van der Waals surface area contributed by atoms with Crippen LogP contribution in [0.2, 0.25) is 0 Å². The molecule has 0 saturated heterocycles. The van der Waals surface area contributed by atoms with E-state index in [1.54, 1.807) is 0 Å². The lowest BCUT2D eigenvalue weighted by Gasteiger charge is -2.14. The van der Waals surface area contributed by atoms with Crippen molar-refractivity contribution in [3.8, 4) is 22.3 Å². The second-order valence-corrected chi connectivity index (χ2v) is 7.19. The van der Waals surface area contributed by atoms with Gasteiger partial charge in [0.15, 0.2) is 0 Å². The highest BCUT2D eigenvalue weighted by atomic mass is 79.9. The first-order valence-corrected chi connectivity index (χ1v) is 9.55. The zero-order chi connectivity index (χ0) is 21.7. The van der Waals surface area contributed by atoms with E-state index < -0.39 is 0 Å². The van der Waals surface area contributed by atoms with Crippen LogP contribution < -0.4 is 0 Å². The van der Waals surface area contributed by atoms with Crippen LogP contribution in [0.1, 0.15) is 5.48 Å². The molecule has 0 saturated carbocycles. The van der Waals surface area contributed by atoms with Crippen LogP contribution in [-0.4, -0.2) is 0 Å². The van der Waals surface area contributed by atoms with E-state index >= 15 is 0 Å². The first kappa shape index (κ1) is 12.5. The lowest BCUT2D eigenvalue weighted by molar-refractivity contribution is 1.61. The fourth-order valence-corrected chi connectivity index (χ4v) is 4.22. The first-order chi connectivity index (χ1) is 15.0. The van der Waals surface area contributed by atoms with Gasteiger partial charge < -0.3 is 0 Å².